The number of thioether (sulfide) groups is 1. The van der Waals surface area contributed by atoms with Gasteiger partial charge in [-0.1, -0.05) is 6.92 Å². The standard InChI is InChI=1S/C11H17N3S/c1-2-12-6-9-7-13-11(14-8-9)10-4-3-5-15-10/h7-8,10,12H,2-6H2,1H3. The van der Waals surface area contributed by atoms with Crippen molar-refractivity contribution in [3.63, 3.8) is 0 Å². The molecule has 0 aliphatic carbocycles. The van der Waals surface area contributed by atoms with Gasteiger partial charge in [-0.3, -0.25) is 0 Å². The highest BCUT2D eigenvalue weighted by Gasteiger charge is 2.19. The second-order valence-corrected chi connectivity index (χ2v) is 5.04. The smallest absolute Gasteiger partial charge is 0.141 e. The number of rotatable bonds is 4. The second kappa shape index (κ2) is 5.47. The van der Waals surface area contributed by atoms with E-state index in [0.717, 1.165) is 18.9 Å². The summed E-state index contributed by atoms with van der Waals surface area (Å²) in [5.74, 6) is 2.27. The minimum absolute atomic E-state index is 0.540. The molecule has 1 aromatic heterocycles. The van der Waals surface area contributed by atoms with E-state index in [4.69, 9.17) is 0 Å². The molecular formula is C11H17N3S. The molecule has 1 aliphatic heterocycles. The Kier molecular flexibility index (Phi) is 3.97. The van der Waals surface area contributed by atoms with Gasteiger partial charge in [0.05, 0.1) is 5.25 Å². The Morgan fingerprint density at radius 2 is 2.27 bits per heavy atom. The van der Waals surface area contributed by atoms with Crippen molar-refractivity contribution in [2.45, 2.75) is 31.6 Å². The lowest BCUT2D eigenvalue weighted by Crippen LogP contribution is -2.12. The molecule has 82 valence electrons. The van der Waals surface area contributed by atoms with Crippen molar-refractivity contribution in [3.05, 3.63) is 23.8 Å². The molecule has 4 heteroatoms. The van der Waals surface area contributed by atoms with Crippen LogP contribution in [0.25, 0.3) is 0 Å². The fourth-order valence-electron chi connectivity index (χ4n) is 1.67. The molecule has 0 aromatic carbocycles. The lowest BCUT2D eigenvalue weighted by Gasteiger charge is -2.07. The Morgan fingerprint density at radius 1 is 1.47 bits per heavy atom. The van der Waals surface area contributed by atoms with Gasteiger partial charge in [0, 0.05) is 24.5 Å². The van der Waals surface area contributed by atoms with Crippen molar-refractivity contribution in [1.29, 1.82) is 0 Å². The van der Waals surface area contributed by atoms with E-state index in [2.05, 4.69) is 22.2 Å². The van der Waals surface area contributed by atoms with Crippen LogP contribution in [0.4, 0.5) is 0 Å². The molecule has 1 atom stereocenters. The minimum atomic E-state index is 0.540. The lowest BCUT2D eigenvalue weighted by molar-refractivity contribution is 0.712. The van der Waals surface area contributed by atoms with Gasteiger partial charge >= 0.3 is 0 Å². The first-order valence-electron chi connectivity index (χ1n) is 5.53. The maximum absolute atomic E-state index is 4.44. The Balaban J connectivity index is 1.96. The van der Waals surface area contributed by atoms with Crippen LogP contribution < -0.4 is 5.32 Å². The summed E-state index contributed by atoms with van der Waals surface area (Å²) in [4.78, 5) is 8.88. The highest BCUT2D eigenvalue weighted by molar-refractivity contribution is 7.99. The summed E-state index contributed by atoms with van der Waals surface area (Å²) in [6.45, 7) is 3.96. The summed E-state index contributed by atoms with van der Waals surface area (Å²) in [6.07, 6.45) is 6.43. The maximum atomic E-state index is 4.44. The van der Waals surface area contributed by atoms with E-state index in [1.165, 1.54) is 24.2 Å². The van der Waals surface area contributed by atoms with E-state index in [1.807, 2.05) is 24.2 Å². The Hall–Kier alpha value is -0.610. The highest BCUT2D eigenvalue weighted by atomic mass is 32.2. The number of nitrogens with zero attached hydrogens (tertiary/aromatic N) is 2. The molecule has 0 radical (unpaired) electrons. The van der Waals surface area contributed by atoms with E-state index >= 15 is 0 Å². The molecule has 1 saturated heterocycles. The molecule has 1 aliphatic rings. The van der Waals surface area contributed by atoms with E-state index in [9.17, 15) is 0 Å². The maximum Gasteiger partial charge on any atom is 0.141 e. The van der Waals surface area contributed by atoms with Crippen LogP contribution in [0.2, 0.25) is 0 Å². The molecular weight excluding hydrogens is 206 g/mol. The van der Waals surface area contributed by atoms with Gasteiger partial charge in [-0.25, -0.2) is 9.97 Å². The molecule has 1 unspecified atom stereocenters. The number of hydrogen-bond acceptors (Lipinski definition) is 4. The van der Waals surface area contributed by atoms with Crippen molar-refractivity contribution in [1.82, 2.24) is 15.3 Å². The second-order valence-electron chi connectivity index (χ2n) is 3.73. The number of aromatic nitrogens is 2. The molecule has 0 saturated carbocycles. The quantitative estimate of drug-likeness (QED) is 0.849. The molecule has 2 heterocycles. The molecule has 2 rings (SSSR count). The SMILES string of the molecule is CCNCc1cnc(C2CCCS2)nc1. The van der Waals surface area contributed by atoms with Gasteiger partial charge in [-0.15, -0.1) is 0 Å². The van der Waals surface area contributed by atoms with Gasteiger partial charge in [-0.2, -0.15) is 11.8 Å². The van der Waals surface area contributed by atoms with Crippen LogP contribution in [0, 0.1) is 0 Å². The zero-order chi connectivity index (χ0) is 10.5. The summed E-state index contributed by atoms with van der Waals surface area (Å²) in [7, 11) is 0. The topological polar surface area (TPSA) is 37.8 Å². The van der Waals surface area contributed by atoms with Crippen molar-refractivity contribution < 1.29 is 0 Å². The first-order valence-corrected chi connectivity index (χ1v) is 6.58. The van der Waals surface area contributed by atoms with E-state index < -0.39 is 0 Å². The van der Waals surface area contributed by atoms with Crippen molar-refractivity contribution in [3.8, 4) is 0 Å². The fourth-order valence-corrected chi connectivity index (χ4v) is 2.89. The predicted octanol–water partition coefficient (Wildman–Crippen LogP) is 2.15. The number of nitrogens with one attached hydrogen (secondary N) is 1. The van der Waals surface area contributed by atoms with Gasteiger partial charge in [0.15, 0.2) is 0 Å². The minimum Gasteiger partial charge on any atom is -0.313 e. The summed E-state index contributed by atoms with van der Waals surface area (Å²) >= 11 is 1.98. The lowest BCUT2D eigenvalue weighted by atomic mass is 10.2. The van der Waals surface area contributed by atoms with Gasteiger partial charge < -0.3 is 5.32 Å². The van der Waals surface area contributed by atoms with Crippen LogP contribution in [0.15, 0.2) is 12.4 Å². The van der Waals surface area contributed by atoms with Gasteiger partial charge in [0.25, 0.3) is 0 Å². The zero-order valence-electron chi connectivity index (χ0n) is 9.07. The van der Waals surface area contributed by atoms with Crippen molar-refractivity contribution in [2.24, 2.45) is 0 Å². The molecule has 15 heavy (non-hydrogen) atoms. The van der Waals surface area contributed by atoms with Crippen LogP contribution in [-0.2, 0) is 6.54 Å². The van der Waals surface area contributed by atoms with E-state index in [1.54, 1.807) is 0 Å². The Morgan fingerprint density at radius 3 is 2.87 bits per heavy atom. The average molecular weight is 223 g/mol. The summed E-state index contributed by atoms with van der Waals surface area (Å²) in [5.41, 5.74) is 1.17. The molecule has 1 N–H and O–H groups in total. The summed E-state index contributed by atoms with van der Waals surface area (Å²) in [6, 6.07) is 0. The third-order valence-corrected chi connectivity index (χ3v) is 3.90. The van der Waals surface area contributed by atoms with Gasteiger partial charge in [-0.05, 0) is 25.1 Å². The van der Waals surface area contributed by atoms with Crippen molar-refractivity contribution in [2.75, 3.05) is 12.3 Å². The average Bonchev–Trinajstić information content (AvgIpc) is 2.80. The van der Waals surface area contributed by atoms with Gasteiger partial charge in [0.2, 0.25) is 0 Å². The zero-order valence-corrected chi connectivity index (χ0v) is 9.89. The monoisotopic (exact) mass is 223 g/mol. The molecule has 0 bridgehead atoms. The first-order chi connectivity index (χ1) is 7.40. The van der Waals surface area contributed by atoms with Crippen LogP contribution in [0.3, 0.4) is 0 Å². The highest BCUT2D eigenvalue weighted by Crippen LogP contribution is 2.37. The van der Waals surface area contributed by atoms with Crippen molar-refractivity contribution >= 4 is 11.8 Å². The largest absolute Gasteiger partial charge is 0.313 e. The van der Waals surface area contributed by atoms with Crippen LogP contribution >= 0.6 is 11.8 Å². The number of hydrogen-bond donors (Lipinski definition) is 1. The summed E-state index contributed by atoms with van der Waals surface area (Å²) < 4.78 is 0. The normalized spacial score (nSPS) is 20.7. The first kappa shape index (κ1) is 10.9. The fraction of sp³-hybridized carbons (Fsp3) is 0.636. The third kappa shape index (κ3) is 2.92. The summed E-state index contributed by atoms with van der Waals surface area (Å²) in [5, 5.41) is 3.81. The molecule has 1 aromatic rings. The molecule has 3 nitrogen and oxygen atoms in total. The van der Waals surface area contributed by atoms with Crippen LogP contribution in [-0.4, -0.2) is 22.3 Å². The van der Waals surface area contributed by atoms with E-state index in [-0.39, 0.29) is 0 Å². The van der Waals surface area contributed by atoms with E-state index in [0.29, 0.717) is 5.25 Å². The van der Waals surface area contributed by atoms with Gasteiger partial charge in [0.1, 0.15) is 5.82 Å². The predicted molar refractivity (Wildman–Crippen MR) is 63.8 cm³/mol. The molecule has 0 spiro atoms. The Bertz CT molecular complexity index is 293. The molecule has 0 amide bonds. The van der Waals surface area contributed by atoms with Crippen LogP contribution in [0.1, 0.15) is 36.4 Å². The Labute approximate surface area is 95.1 Å². The van der Waals surface area contributed by atoms with Crippen LogP contribution in [0.5, 0.6) is 0 Å². The molecule has 1 fully saturated rings. The third-order valence-electron chi connectivity index (χ3n) is 2.52.